The summed E-state index contributed by atoms with van der Waals surface area (Å²) in [5.41, 5.74) is -1.69. The summed E-state index contributed by atoms with van der Waals surface area (Å²) < 4.78 is 64.2. The number of benzene rings is 2. The number of para-hydroxylation sites is 1. The average molecular weight is 463 g/mol. The van der Waals surface area contributed by atoms with Crippen LogP contribution in [0.1, 0.15) is 44.7 Å². The zero-order valence-electron chi connectivity index (χ0n) is 19.4. The van der Waals surface area contributed by atoms with Gasteiger partial charge in [0.2, 0.25) is 0 Å². The summed E-state index contributed by atoms with van der Waals surface area (Å²) in [5.74, 6) is -0.152. The largest absolute Gasteiger partial charge is 0.496 e. The molecule has 33 heavy (non-hydrogen) atoms. The monoisotopic (exact) mass is 462 g/mol. The molecule has 1 unspecified atom stereocenters. The lowest BCUT2D eigenvalue weighted by Crippen LogP contribution is -2.61. The van der Waals surface area contributed by atoms with Crippen LogP contribution in [-0.2, 0) is 11.8 Å². The number of ether oxygens (including phenoxy) is 1. The number of halogens is 4. The first-order chi connectivity index (χ1) is 15.5. The molecule has 7 heteroatoms. The van der Waals surface area contributed by atoms with Gasteiger partial charge in [0.1, 0.15) is 17.1 Å². The zero-order valence-corrected chi connectivity index (χ0v) is 19.4. The molecule has 3 aromatic rings. The van der Waals surface area contributed by atoms with Crippen LogP contribution >= 0.6 is 0 Å². The summed E-state index contributed by atoms with van der Waals surface area (Å²) in [4.78, 5) is 4.29. The van der Waals surface area contributed by atoms with Crippen molar-refractivity contribution in [1.29, 1.82) is 0 Å². The van der Waals surface area contributed by atoms with Crippen LogP contribution in [0, 0.1) is 5.82 Å². The Bertz CT molecular complexity index is 1090. The highest BCUT2D eigenvalue weighted by atomic mass is 19.4. The summed E-state index contributed by atoms with van der Waals surface area (Å²) >= 11 is 0. The Kier molecular flexibility index (Phi) is 7.32. The van der Waals surface area contributed by atoms with E-state index >= 15 is 0 Å². The number of fused-ring (bicyclic) bond motifs is 1. The van der Waals surface area contributed by atoms with Crippen LogP contribution in [0.25, 0.3) is 10.9 Å². The molecule has 0 aliphatic carbocycles. The van der Waals surface area contributed by atoms with Crippen LogP contribution in [0.3, 0.4) is 0 Å². The molecule has 2 aromatic carbocycles. The molecule has 1 heterocycles. The summed E-state index contributed by atoms with van der Waals surface area (Å²) in [5, 5.41) is 3.52. The number of methoxy groups -OCH3 is 1. The molecular weight excluding hydrogens is 432 g/mol. The van der Waals surface area contributed by atoms with E-state index in [-0.39, 0.29) is 19.4 Å². The number of alkyl halides is 3. The van der Waals surface area contributed by atoms with Gasteiger partial charge in [-0.1, -0.05) is 39.0 Å². The van der Waals surface area contributed by atoms with Crippen LogP contribution < -0.4 is 10.1 Å². The van der Waals surface area contributed by atoms with Crippen LogP contribution in [0.2, 0.25) is 0 Å². The van der Waals surface area contributed by atoms with Gasteiger partial charge in [0.15, 0.2) is 0 Å². The van der Waals surface area contributed by atoms with E-state index in [0.29, 0.717) is 34.2 Å². The first-order valence-electron chi connectivity index (χ1n) is 11.0. The lowest BCUT2D eigenvalue weighted by molar-refractivity contribution is -0.202. The number of nitrogens with one attached hydrogen (secondary N) is 1. The summed E-state index contributed by atoms with van der Waals surface area (Å²) in [7, 11) is 1.43. The normalized spacial score (nSPS) is 14.3. The van der Waals surface area contributed by atoms with Crippen LogP contribution in [0.5, 0.6) is 5.75 Å². The van der Waals surface area contributed by atoms with Crippen molar-refractivity contribution >= 4 is 10.9 Å². The molecule has 3 rings (SSSR count). The van der Waals surface area contributed by atoms with Crippen molar-refractivity contribution in [2.24, 2.45) is 0 Å². The Morgan fingerprint density at radius 1 is 1.03 bits per heavy atom. The van der Waals surface area contributed by atoms with Gasteiger partial charge in [-0.05, 0) is 60.7 Å². The summed E-state index contributed by atoms with van der Waals surface area (Å²) in [6, 6.07) is 12.8. The summed E-state index contributed by atoms with van der Waals surface area (Å²) in [6.45, 7) is 5.42. The van der Waals surface area contributed by atoms with Gasteiger partial charge in [0.25, 0.3) is 0 Å². The third kappa shape index (κ3) is 5.29. The molecule has 0 saturated heterocycles. The van der Waals surface area contributed by atoms with Crippen molar-refractivity contribution in [1.82, 2.24) is 10.3 Å². The Morgan fingerprint density at radius 2 is 1.76 bits per heavy atom. The smallest absolute Gasteiger partial charge is 0.406 e. The van der Waals surface area contributed by atoms with Crippen molar-refractivity contribution in [3.05, 3.63) is 71.7 Å². The van der Waals surface area contributed by atoms with Crippen molar-refractivity contribution in [3.63, 3.8) is 0 Å². The molecule has 0 bridgehead atoms. The molecule has 0 aliphatic rings. The van der Waals surface area contributed by atoms with Gasteiger partial charge < -0.3 is 10.1 Å². The fourth-order valence-corrected chi connectivity index (χ4v) is 4.55. The minimum absolute atomic E-state index is 0.193. The lowest BCUT2D eigenvalue weighted by atomic mass is 9.70. The number of hydrogen-bond acceptors (Lipinski definition) is 3. The van der Waals surface area contributed by atoms with Crippen LogP contribution in [0.15, 0.2) is 54.7 Å². The number of hydrogen-bond donors (Lipinski definition) is 1. The van der Waals surface area contributed by atoms with Crippen molar-refractivity contribution in [2.45, 2.75) is 57.2 Å². The predicted molar refractivity (Wildman–Crippen MR) is 123 cm³/mol. The molecule has 0 spiro atoms. The van der Waals surface area contributed by atoms with Crippen LogP contribution in [-0.4, -0.2) is 30.4 Å². The highest BCUT2D eigenvalue weighted by molar-refractivity contribution is 5.82. The molecule has 0 fully saturated rings. The fraction of sp³-hybridized carbons (Fsp3) is 0.423. The van der Waals surface area contributed by atoms with Gasteiger partial charge in [-0.3, -0.25) is 4.98 Å². The lowest BCUT2D eigenvalue weighted by Gasteiger charge is -2.43. The molecule has 1 N–H and O–H groups in total. The SMILES string of the molecule is CCCNC(Cc1ccnc2ccccc12)(CC(C)(C)c1cc(F)ccc1OC)C(F)(F)F. The van der Waals surface area contributed by atoms with Gasteiger partial charge in [0, 0.05) is 23.6 Å². The first kappa shape index (κ1) is 25.0. The van der Waals surface area contributed by atoms with E-state index in [1.165, 1.54) is 25.3 Å². The number of nitrogens with zero attached hydrogens (tertiary/aromatic N) is 1. The van der Waals surface area contributed by atoms with Gasteiger partial charge in [0.05, 0.1) is 12.6 Å². The van der Waals surface area contributed by atoms with Gasteiger partial charge in [-0.25, -0.2) is 4.39 Å². The third-order valence-corrected chi connectivity index (χ3v) is 6.12. The molecule has 0 saturated carbocycles. The molecule has 0 amide bonds. The Balaban J connectivity index is 2.14. The fourth-order valence-electron chi connectivity index (χ4n) is 4.55. The topological polar surface area (TPSA) is 34.2 Å². The number of pyridine rings is 1. The highest BCUT2D eigenvalue weighted by Gasteiger charge is 2.56. The zero-order chi connectivity index (χ0) is 24.3. The molecular formula is C26H30F4N2O. The minimum Gasteiger partial charge on any atom is -0.496 e. The van der Waals surface area contributed by atoms with Gasteiger partial charge >= 0.3 is 6.18 Å². The Labute approximate surface area is 192 Å². The van der Waals surface area contributed by atoms with Gasteiger partial charge in [-0.15, -0.1) is 0 Å². The van der Waals surface area contributed by atoms with E-state index in [4.69, 9.17) is 4.74 Å². The average Bonchev–Trinajstić information content (AvgIpc) is 2.76. The Morgan fingerprint density at radius 3 is 2.42 bits per heavy atom. The maximum atomic E-state index is 14.9. The standard InChI is InChI=1S/C26H30F4N2O/c1-5-13-32-25(26(28,29)30,16-18-12-14-31-22-9-7-6-8-20(18)22)17-24(2,3)21-15-19(27)10-11-23(21)33-4/h6-12,14-15,32H,5,13,16-17H2,1-4H3. The first-order valence-corrected chi connectivity index (χ1v) is 11.0. The van der Waals surface area contributed by atoms with E-state index in [1.807, 2.05) is 13.0 Å². The minimum atomic E-state index is -4.57. The van der Waals surface area contributed by atoms with Crippen LogP contribution in [0.4, 0.5) is 17.6 Å². The highest BCUT2D eigenvalue weighted by Crippen LogP contribution is 2.45. The van der Waals surface area contributed by atoms with E-state index in [9.17, 15) is 17.6 Å². The third-order valence-electron chi connectivity index (χ3n) is 6.12. The van der Waals surface area contributed by atoms with Crippen molar-refractivity contribution in [3.8, 4) is 5.75 Å². The maximum Gasteiger partial charge on any atom is 0.406 e. The van der Waals surface area contributed by atoms with E-state index < -0.39 is 22.9 Å². The van der Waals surface area contributed by atoms with Gasteiger partial charge in [-0.2, -0.15) is 13.2 Å². The molecule has 0 aliphatic heterocycles. The number of aromatic nitrogens is 1. The second kappa shape index (κ2) is 9.67. The number of rotatable bonds is 9. The quantitative estimate of drug-likeness (QED) is 0.364. The van der Waals surface area contributed by atoms with E-state index in [2.05, 4.69) is 10.3 Å². The van der Waals surface area contributed by atoms with E-state index in [0.717, 1.165) is 0 Å². The predicted octanol–water partition coefficient (Wildman–Crippen LogP) is 6.59. The molecule has 1 aromatic heterocycles. The molecule has 3 nitrogen and oxygen atoms in total. The maximum absolute atomic E-state index is 14.9. The molecule has 0 radical (unpaired) electrons. The Hall–Kier alpha value is -2.67. The second-order valence-electron chi connectivity index (χ2n) is 9.08. The second-order valence-corrected chi connectivity index (χ2v) is 9.08. The van der Waals surface area contributed by atoms with Crippen molar-refractivity contribution in [2.75, 3.05) is 13.7 Å². The van der Waals surface area contributed by atoms with Crippen molar-refractivity contribution < 1.29 is 22.3 Å². The molecule has 1 atom stereocenters. The molecule has 178 valence electrons. The van der Waals surface area contributed by atoms with E-state index in [1.54, 1.807) is 44.3 Å². The summed E-state index contributed by atoms with van der Waals surface area (Å²) in [6.07, 6.45) is -3.07.